The first-order valence-electron chi connectivity index (χ1n) is 7.67. The molecule has 5 heterocycles. The van der Waals surface area contributed by atoms with Crippen LogP contribution in [-0.2, 0) is 27.4 Å². The normalized spacial score (nSPS) is 23.1. The smallest absolute Gasteiger partial charge is 0.543 e. The van der Waals surface area contributed by atoms with E-state index in [1.165, 1.54) is 15.5 Å². The third-order valence-electron chi connectivity index (χ3n) is 4.68. The van der Waals surface area contributed by atoms with Crippen molar-refractivity contribution < 1.29 is 49.0 Å². The van der Waals surface area contributed by atoms with E-state index in [-0.39, 0.29) is 47.2 Å². The van der Waals surface area contributed by atoms with E-state index in [1.54, 1.807) is 23.5 Å². The maximum Gasteiger partial charge on any atom is 1.00 e. The molecule has 0 bridgehead atoms. The predicted octanol–water partition coefficient (Wildman–Crippen LogP) is -2.90. The summed E-state index contributed by atoms with van der Waals surface area (Å²) < 4.78 is 7.52. The number of aliphatic carboxylic acids is 1. The molecule has 0 radical (unpaired) electrons. The molecule has 0 saturated carbocycles. The van der Waals surface area contributed by atoms with Crippen molar-refractivity contribution in [1.29, 1.82) is 0 Å². The molecule has 25 heavy (non-hydrogen) atoms. The summed E-state index contributed by atoms with van der Waals surface area (Å²) in [5.74, 6) is -1.58. The number of fused-ring (bicyclic) bond motifs is 4. The van der Waals surface area contributed by atoms with Gasteiger partial charge in [-0.05, 0) is 12.5 Å². The molecule has 1 saturated heterocycles. The fourth-order valence-corrected chi connectivity index (χ4v) is 4.64. The number of thiazole rings is 1. The maximum atomic E-state index is 12.2. The standard InChI is InChI=1S/C16H13N3O4S.Na/c20-14-9(10-1-2-12(15(21)22)19(10)14)5-8-6-18-11-3-4-23-7-13(11)24-16(18)17-8;/h2,5-6,10H,1,3-4,7H2,(H,21,22);/q;+1/p-1/b9-5+;. The monoisotopic (exact) mass is 365 g/mol. The Bertz CT molecular complexity index is 974. The van der Waals surface area contributed by atoms with Gasteiger partial charge < -0.3 is 14.6 Å². The van der Waals surface area contributed by atoms with Crippen molar-refractivity contribution in [2.24, 2.45) is 0 Å². The van der Waals surface area contributed by atoms with Gasteiger partial charge in [-0.2, -0.15) is 0 Å². The molecule has 0 aliphatic carbocycles. The van der Waals surface area contributed by atoms with Crippen LogP contribution in [0.25, 0.3) is 11.0 Å². The van der Waals surface area contributed by atoms with Crippen molar-refractivity contribution in [2.75, 3.05) is 6.61 Å². The maximum absolute atomic E-state index is 12.2. The Balaban J connectivity index is 0.00000157. The molecule has 3 aliphatic heterocycles. The van der Waals surface area contributed by atoms with Crippen LogP contribution in [0.4, 0.5) is 0 Å². The van der Waals surface area contributed by atoms with Crippen LogP contribution in [0.15, 0.2) is 23.5 Å². The number of imidazole rings is 1. The number of hydrogen-bond donors (Lipinski definition) is 0. The zero-order valence-corrected chi connectivity index (χ0v) is 16.3. The summed E-state index contributed by atoms with van der Waals surface area (Å²) in [4.78, 5) is 31.2. The van der Waals surface area contributed by atoms with Crippen LogP contribution in [0.2, 0.25) is 0 Å². The topological polar surface area (TPSA) is 87.0 Å². The van der Waals surface area contributed by atoms with E-state index in [0.717, 1.165) is 17.1 Å². The number of ether oxygens (including phenoxy) is 1. The summed E-state index contributed by atoms with van der Waals surface area (Å²) >= 11 is 1.60. The molecule has 7 nitrogen and oxygen atoms in total. The van der Waals surface area contributed by atoms with Gasteiger partial charge in [-0.1, -0.05) is 17.4 Å². The van der Waals surface area contributed by atoms with Gasteiger partial charge in [0.2, 0.25) is 0 Å². The van der Waals surface area contributed by atoms with Crippen LogP contribution in [0, 0.1) is 0 Å². The van der Waals surface area contributed by atoms with Crippen LogP contribution in [-0.4, -0.2) is 38.8 Å². The number of amides is 1. The second kappa shape index (κ2) is 6.07. The fraction of sp³-hybridized carbons (Fsp3) is 0.312. The van der Waals surface area contributed by atoms with Crippen LogP contribution in [0.3, 0.4) is 0 Å². The number of carboxylic acids is 1. The molecule has 0 N–H and O–H groups in total. The SMILES string of the molecule is O=C([O-])C1=CCC2/C(=C\c3cn4c5c(sc4n3)COCC5)C(=O)N12.[Na+]. The van der Waals surface area contributed by atoms with E-state index in [9.17, 15) is 14.7 Å². The van der Waals surface area contributed by atoms with Crippen molar-refractivity contribution in [3.05, 3.63) is 39.8 Å². The fourth-order valence-electron chi connectivity index (χ4n) is 3.55. The molecule has 1 atom stereocenters. The van der Waals surface area contributed by atoms with Gasteiger partial charge in [0, 0.05) is 23.9 Å². The molecule has 1 fully saturated rings. The Hall–Kier alpha value is -1.45. The molecule has 2 aromatic heterocycles. The minimum atomic E-state index is -1.30. The van der Waals surface area contributed by atoms with Crippen molar-refractivity contribution in [3.8, 4) is 0 Å². The van der Waals surface area contributed by atoms with Gasteiger partial charge in [0.05, 0.1) is 41.5 Å². The van der Waals surface area contributed by atoms with Crippen LogP contribution in [0.5, 0.6) is 0 Å². The molecule has 0 spiro atoms. The number of nitrogens with zero attached hydrogens (tertiary/aromatic N) is 3. The molecule has 5 rings (SSSR count). The number of carboxylic acid groups (broad SMARTS) is 1. The molecule has 1 unspecified atom stereocenters. The predicted molar refractivity (Wildman–Crippen MR) is 82.7 cm³/mol. The molecule has 122 valence electrons. The number of rotatable bonds is 2. The Labute approximate surface area is 168 Å². The van der Waals surface area contributed by atoms with Crippen LogP contribution >= 0.6 is 11.3 Å². The number of aromatic nitrogens is 2. The van der Waals surface area contributed by atoms with Gasteiger partial charge >= 0.3 is 29.6 Å². The molecule has 1 amide bonds. The van der Waals surface area contributed by atoms with Gasteiger partial charge in [0.15, 0.2) is 4.96 Å². The number of carbonyl (C=O) groups is 2. The van der Waals surface area contributed by atoms with Crippen molar-refractivity contribution >= 4 is 34.3 Å². The molecule has 3 aliphatic rings. The molecule has 9 heteroatoms. The zero-order valence-electron chi connectivity index (χ0n) is 13.5. The van der Waals surface area contributed by atoms with Crippen molar-refractivity contribution in [3.63, 3.8) is 0 Å². The summed E-state index contributed by atoms with van der Waals surface area (Å²) in [6.07, 6.45) is 6.61. The summed E-state index contributed by atoms with van der Waals surface area (Å²) in [5, 5.41) is 11.0. The van der Waals surface area contributed by atoms with Crippen molar-refractivity contribution in [2.45, 2.75) is 25.5 Å². The second-order valence-corrected chi connectivity index (χ2v) is 7.06. The molecular formula is C16H12N3NaO4S. The van der Waals surface area contributed by atoms with E-state index >= 15 is 0 Å². The van der Waals surface area contributed by atoms with E-state index in [2.05, 4.69) is 9.38 Å². The average Bonchev–Trinajstić information content (AvgIpc) is 3.22. The van der Waals surface area contributed by atoms with E-state index < -0.39 is 5.97 Å². The minimum Gasteiger partial charge on any atom is -0.543 e. The first-order valence-corrected chi connectivity index (χ1v) is 8.49. The number of β-lactam (4-membered cyclic amide) rings is 1. The van der Waals surface area contributed by atoms with Crippen LogP contribution < -0.4 is 34.7 Å². The summed E-state index contributed by atoms with van der Waals surface area (Å²) in [7, 11) is 0. The largest absolute Gasteiger partial charge is 1.00 e. The zero-order chi connectivity index (χ0) is 16.4. The van der Waals surface area contributed by atoms with Gasteiger partial charge in [-0.25, -0.2) is 4.98 Å². The van der Waals surface area contributed by atoms with Gasteiger partial charge in [-0.15, -0.1) is 0 Å². The first kappa shape index (κ1) is 17.0. The summed E-state index contributed by atoms with van der Waals surface area (Å²) in [6.45, 7) is 1.34. The van der Waals surface area contributed by atoms with Crippen molar-refractivity contribution in [1.82, 2.24) is 14.3 Å². The number of hydrogen-bond acceptors (Lipinski definition) is 6. The molecule has 2 aromatic rings. The van der Waals surface area contributed by atoms with Gasteiger partial charge in [-0.3, -0.25) is 14.1 Å². The van der Waals surface area contributed by atoms with E-state index in [1.807, 2.05) is 6.20 Å². The Kier molecular flexibility index (Phi) is 4.12. The first-order chi connectivity index (χ1) is 11.6. The van der Waals surface area contributed by atoms with Gasteiger partial charge in [0.25, 0.3) is 5.91 Å². The Morgan fingerprint density at radius 3 is 3.12 bits per heavy atom. The second-order valence-electron chi connectivity index (χ2n) is 6.00. The third kappa shape index (κ3) is 2.43. The quantitative estimate of drug-likeness (QED) is 0.324. The molecule has 0 aromatic carbocycles. The summed E-state index contributed by atoms with van der Waals surface area (Å²) in [6, 6.07) is -0.201. The summed E-state index contributed by atoms with van der Waals surface area (Å²) in [5.41, 5.74) is 2.52. The number of carbonyl (C=O) groups excluding carboxylic acids is 2. The van der Waals surface area contributed by atoms with E-state index in [0.29, 0.717) is 25.2 Å². The molecular weight excluding hydrogens is 353 g/mol. The minimum absolute atomic E-state index is 0. The Morgan fingerprint density at radius 2 is 2.32 bits per heavy atom. The Morgan fingerprint density at radius 1 is 1.48 bits per heavy atom. The third-order valence-corrected chi connectivity index (χ3v) is 5.75. The van der Waals surface area contributed by atoms with Crippen LogP contribution in [0.1, 0.15) is 22.7 Å². The van der Waals surface area contributed by atoms with Gasteiger partial charge in [0.1, 0.15) is 0 Å². The average molecular weight is 365 g/mol. The van der Waals surface area contributed by atoms with E-state index in [4.69, 9.17) is 4.74 Å².